The number of aryl methyl sites for hydroxylation is 1. The van der Waals surface area contributed by atoms with Crippen molar-refractivity contribution < 1.29 is 9.52 Å². The van der Waals surface area contributed by atoms with Crippen molar-refractivity contribution in [1.29, 1.82) is 0 Å². The van der Waals surface area contributed by atoms with Crippen LogP contribution in [-0.4, -0.2) is 17.2 Å². The summed E-state index contributed by atoms with van der Waals surface area (Å²) in [5.74, 6) is 0.671. The van der Waals surface area contributed by atoms with Crippen LogP contribution in [0.4, 0.5) is 0 Å². The second kappa shape index (κ2) is 6.61. The molecule has 2 aromatic rings. The number of nitrogens with one attached hydrogen (secondary N) is 1. The maximum absolute atomic E-state index is 10.3. The molecule has 1 aromatic heterocycles. The maximum atomic E-state index is 10.3. The second-order valence-electron chi connectivity index (χ2n) is 5.98. The Labute approximate surface area is 126 Å². The molecule has 1 heterocycles. The summed E-state index contributed by atoms with van der Waals surface area (Å²) < 4.78 is 5.59. The highest BCUT2D eigenvalue weighted by Gasteiger charge is 2.19. The SMILES string of the molecule is CCc1cccc2coc(C(O)CNC(C)(C)C)c12.Cl. The molecule has 1 unspecified atom stereocenters. The number of hydrogen-bond donors (Lipinski definition) is 2. The van der Waals surface area contributed by atoms with Crippen molar-refractivity contribution in [2.24, 2.45) is 0 Å². The van der Waals surface area contributed by atoms with E-state index < -0.39 is 6.10 Å². The molecule has 2 N–H and O–H groups in total. The fourth-order valence-corrected chi connectivity index (χ4v) is 2.24. The van der Waals surface area contributed by atoms with Gasteiger partial charge in [0.05, 0.1) is 6.26 Å². The van der Waals surface area contributed by atoms with Gasteiger partial charge in [-0.05, 0) is 32.8 Å². The third-order valence-corrected chi connectivity index (χ3v) is 3.25. The van der Waals surface area contributed by atoms with Gasteiger partial charge in [0, 0.05) is 22.9 Å². The molecule has 3 nitrogen and oxygen atoms in total. The van der Waals surface area contributed by atoms with Crippen molar-refractivity contribution in [1.82, 2.24) is 5.32 Å². The summed E-state index contributed by atoms with van der Waals surface area (Å²) in [6, 6.07) is 6.14. The Morgan fingerprint density at radius 1 is 1.30 bits per heavy atom. The Kier molecular flexibility index (Phi) is 5.63. The third-order valence-electron chi connectivity index (χ3n) is 3.25. The van der Waals surface area contributed by atoms with Gasteiger partial charge in [0.1, 0.15) is 11.9 Å². The van der Waals surface area contributed by atoms with Crippen molar-refractivity contribution in [3.8, 4) is 0 Å². The van der Waals surface area contributed by atoms with Crippen LogP contribution in [0.2, 0.25) is 0 Å². The zero-order chi connectivity index (χ0) is 14.0. The molecule has 0 fully saturated rings. The molecular formula is C16H24ClNO2. The Bertz CT molecular complexity index is 557. The van der Waals surface area contributed by atoms with Crippen LogP contribution in [-0.2, 0) is 6.42 Å². The molecule has 0 amide bonds. The number of aliphatic hydroxyl groups excluding tert-OH is 1. The first-order valence-electron chi connectivity index (χ1n) is 6.84. The maximum Gasteiger partial charge on any atom is 0.141 e. The molecular weight excluding hydrogens is 274 g/mol. The number of rotatable bonds is 4. The van der Waals surface area contributed by atoms with E-state index in [4.69, 9.17) is 4.42 Å². The van der Waals surface area contributed by atoms with E-state index in [0.29, 0.717) is 12.3 Å². The van der Waals surface area contributed by atoms with Crippen LogP contribution >= 0.6 is 12.4 Å². The fourth-order valence-electron chi connectivity index (χ4n) is 2.24. The van der Waals surface area contributed by atoms with E-state index in [-0.39, 0.29) is 17.9 Å². The van der Waals surface area contributed by atoms with Crippen LogP contribution in [0.5, 0.6) is 0 Å². The molecule has 0 aliphatic rings. The van der Waals surface area contributed by atoms with E-state index in [1.165, 1.54) is 5.56 Å². The predicted octanol–water partition coefficient (Wildman–Crippen LogP) is 3.84. The molecule has 0 aliphatic carbocycles. The number of furan rings is 1. The average Bonchev–Trinajstić information content (AvgIpc) is 2.78. The molecule has 1 atom stereocenters. The lowest BCUT2D eigenvalue weighted by atomic mass is 10.0. The first-order valence-corrected chi connectivity index (χ1v) is 6.84. The predicted molar refractivity (Wildman–Crippen MR) is 85.6 cm³/mol. The highest BCUT2D eigenvalue weighted by Crippen LogP contribution is 2.29. The lowest BCUT2D eigenvalue weighted by Crippen LogP contribution is -2.38. The average molecular weight is 298 g/mol. The van der Waals surface area contributed by atoms with Crippen LogP contribution in [0.3, 0.4) is 0 Å². The van der Waals surface area contributed by atoms with Crippen molar-refractivity contribution in [3.63, 3.8) is 0 Å². The largest absolute Gasteiger partial charge is 0.465 e. The number of halogens is 1. The van der Waals surface area contributed by atoms with Crippen molar-refractivity contribution in [2.75, 3.05) is 6.54 Å². The first kappa shape index (κ1) is 17.0. The lowest BCUT2D eigenvalue weighted by molar-refractivity contribution is 0.140. The molecule has 4 heteroatoms. The Morgan fingerprint density at radius 2 is 2.00 bits per heavy atom. The van der Waals surface area contributed by atoms with Crippen molar-refractivity contribution in [3.05, 3.63) is 35.8 Å². The van der Waals surface area contributed by atoms with Gasteiger partial charge >= 0.3 is 0 Å². The Morgan fingerprint density at radius 3 is 2.60 bits per heavy atom. The molecule has 0 bridgehead atoms. The van der Waals surface area contributed by atoms with Crippen molar-refractivity contribution in [2.45, 2.75) is 45.8 Å². The van der Waals surface area contributed by atoms with Gasteiger partial charge in [-0.2, -0.15) is 0 Å². The van der Waals surface area contributed by atoms with Gasteiger partial charge in [-0.15, -0.1) is 12.4 Å². The van der Waals surface area contributed by atoms with Gasteiger partial charge in [0.25, 0.3) is 0 Å². The summed E-state index contributed by atoms with van der Waals surface area (Å²) in [4.78, 5) is 0. The van der Waals surface area contributed by atoms with Crippen LogP contribution in [0.15, 0.2) is 28.9 Å². The number of benzene rings is 1. The summed E-state index contributed by atoms with van der Waals surface area (Å²) in [5.41, 5.74) is 1.20. The molecule has 1 aromatic carbocycles. The summed E-state index contributed by atoms with van der Waals surface area (Å²) in [6.07, 6.45) is 2.04. The number of hydrogen-bond acceptors (Lipinski definition) is 3. The van der Waals surface area contributed by atoms with Gasteiger partial charge in [0.2, 0.25) is 0 Å². The summed E-state index contributed by atoms with van der Waals surface area (Å²) in [7, 11) is 0. The lowest BCUT2D eigenvalue weighted by Gasteiger charge is -2.22. The van der Waals surface area contributed by atoms with Gasteiger partial charge in [-0.3, -0.25) is 0 Å². The summed E-state index contributed by atoms with van der Waals surface area (Å²) in [5, 5.41) is 15.8. The van der Waals surface area contributed by atoms with Gasteiger partial charge in [-0.1, -0.05) is 25.1 Å². The van der Waals surface area contributed by atoms with E-state index in [1.807, 2.05) is 12.1 Å². The molecule has 0 radical (unpaired) electrons. The van der Waals surface area contributed by atoms with Crippen molar-refractivity contribution >= 4 is 23.2 Å². The minimum atomic E-state index is -0.621. The van der Waals surface area contributed by atoms with Crippen LogP contribution < -0.4 is 5.32 Å². The number of aliphatic hydroxyl groups is 1. The van der Waals surface area contributed by atoms with Gasteiger partial charge in [0.15, 0.2) is 0 Å². The smallest absolute Gasteiger partial charge is 0.141 e. The van der Waals surface area contributed by atoms with E-state index in [2.05, 4.69) is 39.1 Å². The normalized spacial score (nSPS) is 13.2. The Hall–Kier alpha value is -1.03. The molecule has 0 spiro atoms. The molecule has 0 saturated heterocycles. The molecule has 112 valence electrons. The monoisotopic (exact) mass is 297 g/mol. The highest BCUT2D eigenvalue weighted by atomic mass is 35.5. The zero-order valence-electron chi connectivity index (χ0n) is 12.6. The molecule has 0 saturated carbocycles. The summed E-state index contributed by atoms with van der Waals surface area (Å²) >= 11 is 0. The van der Waals surface area contributed by atoms with Crippen LogP contribution in [0.25, 0.3) is 10.8 Å². The first-order chi connectivity index (χ1) is 8.92. The standard InChI is InChI=1S/C16H23NO2.ClH/c1-5-11-7-6-8-12-10-19-15(14(11)12)13(18)9-17-16(2,3)4;/h6-8,10,13,17-18H,5,9H2,1-4H3;1H. The molecule has 0 aliphatic heterocycles. The molecule has 20 heavy (non-hydrogen) atoms. The van der Waals surface area contributed by atoms with Gasteiger partial charge in [-0.25, -0.2) is 0 Å². The second-order valence-corrected chi connectivity index (χ2v) is 5.98. The van der Waals surface area contributed by atoms with Crippen LogP contribution in [0.1, 0.15) is 45.1 Å². The van der Waals surface area contributed by atoms with Crippen LogP contribution in [0, 0.1) is 0 Å². The number of fused-ring (bicyclic) bond motifs is 1. The summed E-state index contributed by atoms with van der Waals surface area (Å²) in [6.45, 7) is 8.85. The van der Waals surface area contributed by atoms with Gasteiger partial charge < -0.3 is 14.8 Å². The fraction of sp³-hybridized carbons (Fsp3) is 0.500. The molecule has 2 rings (SSSR count). The minimum absolute atomic E-state index is 0. The quantitative estimate of drug-likeness (QED) is 0.901. The van der Waals surface area contributed by atoms with E-state index >= 15 is 0 Å². The van der Waals surface area contributed by atoms with E-state index in [0.717, 1.165) is 17.2 Å². The highest BCUT2D eigenvalue weighted by molar-refractivity contribution is 5.87. The van der Waals surface area contributed by atoms with E-state index in [1.54, 1.807) is 6.26 Å². The number of β-amino-alcohol motifs (C(OH)–C–C–N with tert-alkyl or cyclic N) is 1. The topological polar surface area (TPSA) is 45.4 Å². The van der Waals surface area contributed by atoms with E-state index in [9.17, 15) is 5.11 Å². The Balaban J connectivity index is 0.00000200. The minimum Gasteiger partial charge on any atom is -0.465 e. The zero-order valence-corrected chi connectivity index (χ0v) is 13.4. The third kappa shape index (κ3) is 3.75.